The summed E-state index contributed by atoms with van der Waals surface area (Å²) in [5, 5.41) is 0. The maximum Gasteiger partial charge on any atom is 0.120 e. The first kappa shape index (κ1) is 12.0. The molecule has 1 rings (SSSR count). The van der Waals surface area contributed by atoms with Gasteiger partial charge in [-0.25, -0.2) is 0 Å². The zero-order valence-corrected chi connectivity index (χ0v) is 9.88. The lowest BCUT2D eigenvalue weighted by molar-refractivity contribution is 0.131. The molecule has 15 heavy (non-hydrogen) atoms. The lowest BCUT2D eigenvalue weighted by Crippen LogP contribution is -2.23. The van der Waals surface area contributed by atoms with E-state index < -0.39 is 0 Å². The van der Waals surface area contributed by atoms with Crippen molar-refractivity contribution < 1.29 is 9.13 Å². The van der Waals surface area contributed by atoms with Gasteiger partial charge in [0.15, 0.2) is 0 Å². The predicted molar refractivity (Wildman–Crippen MR) is 61.2 cm³/mol. The molecule has 0 aliphatic rings. The Morgan fingerprint density at radius 3 is 2.53 bits per heavy atom. The second-order valence-corrected chi connectivity index (χ2v) is 4.84. The Labute approximate surface area is 91.3 Å². The van der Waals surface area contributed by atoms with Crippen LogP contribution in [0.15, 0.2) is 24.3 Å². The molecule has 0 aliphatic heterocycles. The average molecular weight is 210 g/mol. The first-order valence-corrected chi connectivity index (χ1v) is 5.27. The van der Waals surface area contributed by atoms with Crippen molar-refractivity contribution in [3.8, 4) is 5.75 Å². The lowest BCUT2D eigenvalue weighted by atomic mass is 10.0. The van der Waals surface area contributed by atoms with Crippen LogP contribution in [0.1, 0.15) is 39.2 Å². The van der Waals surface area contributed by atoms with E-state index in [4.69, 9.17) is 4.74 Å². The predicted octanol–water partition coefficient (Wildman–Crippen LogP) is 3.94. The van der Waals surface area contributed by atoms with Gasteiger partial charge in [-0.05, 0) is 38.5 Å². The smallest absolute Gasteiger partial charge is 0.120 e. The minimum Gasteiger partial charge on any atom is -0.488 e. The van der Waals surface area contributed by atoms with Crippen LogP contribution in [0.5, 0.6) is 5.75 Å². The maximum atomic E-state index is 12.5. The third-order valence-electron chi connectivity index (χ3n) is 2.08. The molecule has 0 bridgehead atoms. The SMILES string of the molecule is CC(CF)c1cccc(OC(C)(C)C)c1. The Balaban J connectivity index is 2.83. The van der Waals surface area contributed by atoms with Crippen LogP contribution in [0.2, 0.25) is 0 Å². The van der Waals surface area contributed by atoms with Crippen molar-refractivity contribution in [2.45, 2.75) is 39.2 Å². The molecule has 1 aromatic rings. The van der Waals surface area contributed by atoms with Crippen LogP contribution in [0.25, 0.3) is 0 Å². The molecule has 0 fully saturated rings. The Kier molecular flexibility index (Phi) is 3.72. The summed E-state index contributed by atoms with van der Waals surface area (Å²) in [7, 11) is 0. The molecule has 2 heteroatoms. The van der Waals surface area contributed by atoms with Crippen LogP contribution >= 0.6 is 0 Å². The zero-order chi connectivity index (χ0) is 11.5. The molecule has 1 aromatic carbocycles. The second kappa shape index (κ2) is 4.65. The molecule has 0 heterocycles. The molecular formula is C13H19FO. The number of ether oxygens (including phenoxy) is 1. The fraction of sp³-hybridized carbons (Fsp3) is 0.538. The molecule has 0 saturated carbocycles. The van der Waals surface area contributed by atoms with Crippen LogP contribution in [0, 0.1) is 0 Å². The molecule has 84 valence electrons. The highest BCUT2D eigenvalue weighted by atomic mass is 19.1. The van der Waals surface area contributed by atoms with E-state index in [9.17, 15) is 4.39 Å². The topological polar surface area (TPSA) is 9.23 Å². The maximum absolute atomic E-state index is 12.5. The van der Waals surface area contributed by atoms with Gasteiger partial charge in [0.2, 0.25) is 0 Å². The van der Waals surface area contributed by atoms with Crippen molar-refractivity contribution in [1.29, 1.82) is 0 Å². The number of alkyl halides is 1. The fourth-order valence-electron chi connectivity index (χ4n) is 1.33. The van der Waals surface area contributed by atoms with Gasteiger partial charge in [-0.3, -0.25) is 4.39 Å². The summed E-state index contributed by atoms with van der Waals surface area (Å²) < 4.78 is 18.2. The normalized spacial score (nSPS) is 13.7. The zero-order valence-electron chi connectivity index (χ0n) is 9.88. The minimum absolute atomic E-state index is 0.0616. The molecule has 0 aromatic heterocycles. The summed E-state index contributed by atoms with van der Waals surface area (Å²) in [4.78, 5) is 0. The monoisotopic (exact) mass is 210 g/mol. The average Bonchev–Trinajstić information content (AvgIpc) is 2.14. The summed E-state index contributed by atoms with van der Waals surface area (Å²) in [5.74, 6) is 0.744. The third kappa shape index (κ3) is 3.90. The van der Waals surface area contributed by atoms with E-state index in [1.807, 2.05) is 52.0 Å². The molecule has 0 spiro atoms. The number of halogens is 1. The van der Waals surface area contributed by atoms with Gasteiger partial charge in [-0.15, -0.1) is 0 Å². The van der Waals surface area contributed by atoms with E-state index in [-0.39, 0.29) is 18.2 Å². The lowest BCUT2D eigenvalue weighted by Gasteiger charge is -2.22. The van der Waals surface area contributed by atoms with Gasteiger partial charge in [0.05, 0.1) is 6.67 Å². The van der Waals surface area contributed by atoms with Crippen LogP contribution < -0.4 is 4.74 Å². The van der Waals surface area contributed by atoms with E-state index in [1.54, 1.807) is 0 Å². The Bertz CT molecular complexity index is 315. The Morgan fingerprint density at radius 1 is 1.33 bits per heavy atom. The molecule has 1 nitrogen and oxygen atoms in total. The number of hydrogen-bond acceptors (Lipinski definition) is 1. The number of hydrogen-bond donors (Lipinski definition) is 0. The van der Waals surface area contributed by atoms with E-state index in [1.165, 1.54) is 0 Å². The molecular weight excluding hydrogens is 191 g/mol. The first-order valence-electron chi connectivity index (χ1n) is 5.27. The fourth-order valence-corrected chi connectivity index (χ4v) is 1.33. The van der Waals surface area contributed by atoms with Gasteiger partial charge >= 0.3 is 0 Å². The summed E-state index contributed by atoms with van der Waals surface area (Å²) in [5.41, 5.74) is 0.775. The molecule has 0 N–H and O–H groups in total. The minimum atomic E-state index is -0.334. The van der Waals surface area contributed by atoms with Crippen molar-refractivity contribution in [2.75, 3.05) is 6.67 Å². The van der Waals surface area contributed by atoms with E-state index >= 15 is 0 Å². The molecule has 0 amide bonds. The van der Waals surface area contributed by atoms with Crippen LogP contribution in [0.4, 0.5) is 4.39 Å². The summed E-state index contributed by atoms with van der Waals surface area (Å²) in [6.45, 7) is 7.53. The standard InChI is InChI=1S/C13H19FO/c1-10(9-14)11-6-5-7-12(8-11)15-13(2,3)4/h5-8,10H,9H2,1-4H3. The van der Waals surface area contributed by atoms with Crippen molar-refractivity contribution in [3.05, 3.63) is 29.8 Å². The highest BCUT2D eigenvalue weighted by Gasteiger charge is 2.12. The van der Waals surface area contributed by atoms with Crippen LogP contribution in [-0.4, -0.2) is 12.3 Å². The molecule has 1 unspecified atom stereocenters. The van der Waals surface area contributed by atoms with Gasteiger partial charge in [-0.1, -0.05) is 19.1 Å². The Morgan fingerprint density at radius 2 is 2.00 bits per heavy atom. The van der Waals surface area contributed by atoms with Crippen LogP contribution in [-0.2, 0) is 0 Å². The number of benzene rings is 1. The second-order valence-electron chi connectivity index (χ2n) is 4.84. The number of rotatable bonds is 3. The quantitative estimate of drug-likeness (QED) is 0.734. The summed E-state index contributed by atoms with van der Waals surface area (Å²) >= 11 is 0. The van der Waals surface area contributed by atoms with Gasteiger partial charge in [-0.2, -0.15) is 0 Å². The van der Waals surface area contributed by atoms with Gasteiger partial charge in [0, 0.05) is 5.92 Å². The molecule has 0 radical (unpaired) electrons. The highest BCUT2D eigenvalue weighted by molar-refractivity contribution is 5.31. The van der Waals surface area contributed by atoms with Crippen molar-refractivity contribution in [3.63, 3.8) is 0 Å². The first-order chi connectivity index (χ1) is 6.92. The van der Waals surface area contributed by atoms with Gasteiger partial charge < -0.3 is 4.74 Å². The molecule has 1 atom stereocenters. The molecule has 0 saturated heterocycles. The van der Waals surface area contributed by atoms with Crippen molar-refractivity contribution >= 4 is 0 Å². The largest absolute Gasteiger partial charge is 0.488 e. The van der Waals surface area contributed by atoms with Crippen LogP contribution in [0.3, 0.4) is 0 Å². The van der Waals surface area contributed by atoms with Gasteiger partial charge in [0.25, 0.3) is 0 Å². The van der Waals surface area contributed by atoms with E-state index in [0.29, 0.717) is 0 Å². The van der Waals surface area contributed by atoms with Gasteiger partial charge in [0.1, 0.15) is 11.4 Å². The third-order valence-corrected chi connectivity index (χ3v) is 2.08. The summed E-state index contributed by atoms with van der Waals surface area (Å²) in [6, 6.07) is 7.65. The molecule has 0 aliphatic carbocycles. The highest BCUT2D eigenvalue weighted by Crippen LogP contribution is 2.23. The van der Waals surface area contributed by atoms with E-state index in [2.05, 4.69) is 0 Å². The van der Waals surface area contributed by atoms with E-state index in [0.717, 1.165) is 11.3 Å². The van der Waals surface area contributed by atoms with Crippen molar-refractivity contribution in [1.82, 2.24) is 0 Å². The Hall–Kier alpha value is -1.05. The van der Waals surface area contributed by atoms with Crippen molar-refractivity contribution in [2.24, 2.45) is 0 Å². The summed E-state index contributed by atoms with van der Waals surface area (Å²) in [6.07, 6.45) is 0.